The third kappa shape index (κ3) is 4.21. The molecule has 2 fully saturated rings. The van der Waals surface area contributed by atoms with Crippen LogP contribution in [0, 0.1) is 12.3 Å². The van der Waals surface area contributed by atoms with Crippen molar-refractivity contribution in [3.63, 3.8) is 0 Å². The molecule has 1 saturated carbocycles. The molecule has 2 aliphatic rings. The summed E-state index contributed by atoms with van der Waals surface area (Å²) in [5.74, 6) is 2.96. The Morgan fingerprint density at radius 2 is 1.92 bits per heavy atom. The van der Waals surface area contributed by atoms with Crippen molar-refractivity contribution in [1.82, 2.24) is 25.0 Å². The fraction of sp³-hybridized carbons (Fsp3) is 0.850. The number of aromatic nitrogens is 3. The minimum atomic E-state index is 0.455. The highest BCUT2D eigenvalue weighted by Gasteiger charge is 2.36. The van der Waals surface area contributed by atoms with Crippen LogP contribution in [0.5, 0.6) is 0 Å². The summed E-state index contributed by atoms with van der Waals surface area (Å²) >= 11 is 0. The fourth-order valence-corrected chi connectivity index (χ4v) is 4.34. The third-order valence-corrected chi connectivity index (χ3v) is 6.73. The van der Waals surface area contributed by atoms with Gasteiger partial charge in [-0.2, -0.15) is 0 Å². The second-order valence-electron chi connectivity index (χ2n) is 8.22. The lowest BCUT2D eigenvalue weighted by molar-refractivity contribution is 0.274. The number of aryl methyl sites for hydroxylation is 1. The number of rotatable bonds is 5. The van der Waals surface area contributed by atoms with Crippen molar-refractivity contribution in [2.24, 2.45) is 17.5 Å². The molecule has 0 aromatic carbocycles. The highest BCUT2D eigenvalue weighted by Crippen LogP contribution is 2.37. The molecule has 1 aromatic heterocycles. The monoisotopic (exact) mass is 360 g/mol. The number of aliphatic imine (C=N–C) groups is 1. The molecule has 1 saturated heterocycles. The molecule has 0 radical (unpaired) electrons. The second-order valence-corrected chi connectivity index (χ2v) is 8.22. The Morgan fingerprint density at radius 1 is 1.19 bits per heavy atom. The Morgan fingerprint density at radius 3 is 2.50 bits per heavy atom. The van der Waals surface area contributed by atoms with Crippen LogP contribution in [0.3, 0.4) is 0 Å². The molecule has 1 aliphatic heterocycles. The minimum Gasteiger partial charge on any atom is -0.353 e. The van der Waals surface area contributed by atoms with Crippen LogP contribution in [-0.4, -0.2) is 44.8 Å². The van der Waals surface area contributed by atoms with E-state index in [4.69, 9.17) is 4.99 Å². The lowest BCUT2D eigenvalue weighted by Gasteiger charge is -2.31. The molecule has 0 amide bonds. The van der Waals surface area contributed by atoms with Gasteiger partial charge in [-0.1, -0.05) is 33.1 Å². The van der Waals surface area contributed by atoms with Crippen LogP contribution in [0.4, 0.5) is 0 Å². The van der Waals surface area contributed by atoms with Gasteiger partial charge in [0.1, 0.15) is 12.4 Å². The highest BCUT2D eigenvalue weighted by molar-refractivity contribution is 5.80. The quantitative estimate of drug-likeness (QED) is 0.646. The Bertz CT molecular complexity index is 610. The average Bonchev–Trinajstić information content (AvgIpc) is 3.25. The predicted molar refractivity (Wildman–Crippen MR) is 106 cm³/mol. The van der Waals surface area contributed by atoms with Gasteiger partial charge in [-0.25, -0.2) is 4.99 Å². The van der Waals surface area contributed by atoms with Crippen LogP contribution < -0.4 is 5.32 Å². The minimum absolute atomic E-state index is 0.455. The van der Waals surface area contributed by atoms with E-state index in [9.17, 15) is 0 Å². The molecular formula is C20H36N6. The van der Waals surface area contributed by atoms with E-state index in [1.54, 1.807) is 0 Å². The number of hydrogen-bond acceptors (Lipinski definition) is 3. The molecular weight excluding hydrogens is 324 g/mol. The zero-order valence-corrected chi connectivity index (χ0v) is 17.1. The summed E-state index contributed by atoms with van der Waals surface area (Å²) in [5.41, 5.74) is 0.455. The van der Waals surface area contributed by atoms with E-state index in [0.717, 1.165) is 30.7 Å². The lowest BCUT2D eigenvalue weighted by atomic mass is 9.82. The van der Waals surface area contributed by atoms with Gasteiger partial charge < -0.3 is 14.8 Å². The Labute approximate surface area is 158 Å². The van der Waals surface area contributed by atoms with Crippen molar-refractivity contribution in [3.8, 4) is 0 Å². The molecule has 2 heterocycles. The third-order valence-electron chi connectivity index (χ3n) is 6.73. The van der Waals surface area contributed by atoms with Crippen LogP contribution >= 0.6 is 0 Å². The van der Waals surface area contributed by atoms with Gasteiger partial charge in [0.05, 0.1) is 0 Å². The van der Waals surface area contributed by atoms with Crippen molar-refractivity contribution < 1.29 is 0 Å². The number of likely N-dealkylation sites (tertiary alicyclic amines) is 1. The SMILES string of the molecule is CCC1(CC)CCN(C(=NCc2nnc(C)n2C)NC2CCCCC2)C1. The zero-order valence-electron chi connectivity index (χ0n) is 17.1. The molecule has 1 N–H and O–H groups in total. The first kappa shape index (κ1) is 19.2. The normalized spacial score (nSPS) is 21.4. The maximum atomic E-state index is 4.99. The van der Waals surface area contributed by atoms with Gasteiger partial charge in [-0.15, -0.1) is 10.2 Å². The number of nitrogens with zero attached hydrogens (tertiary/aromatic N) is 5. The maximum absolute atomic E-state index is 4.99. The van der Waals surface area contributed by atoms with Crippen molar-refractivity contribution in [2.75, 3.05) is 13.1 Å². The van der Waals surface area contributed by atoms with Gasteiger partial charge in [-0.3, -0.25) is 0 Å². The summed E-state index contributed by atoms with van der Waals surface area (Å²) in [6, 6.07) is 0.571. The van der Waals surface area contributed by atoms with Gasteiger partial charge in [-0.05, 0) is 44.4 Å². The first-order valence-electron chi connectivity index (χ1n) is 10.5. The van der Waals surface area contributed by atoms with Gasteiger partial charge in [0.25, 0.3) is 0 Å². The Balaban J connectivity index is 1.75. The molecule has 146 valence electrons. The number of hydrogen-bond donors (Lipinski definition) is 1. The molecule has 6 heteroatoms. The van der Waals surface area contributed by atoms with E-state index < -0.39 is 0 Å². The molecule has 6 nitrogen and oxygen atoms in total. The zero-order chi connectivity index (χ0) is 18.6. The Kier molecular flexibility index (Phi) is 6.20. The van der Waals surface area contributed by atoms with Crippen molar-refractivity contribution in [2.45, 2.75) is 84.7 Å². The summed E-state index contributed by atoms with van der Waals surface area (Å²) < 4.78 is 2.04. The smallest absolute Gasteiger partial charge is 0.194 e. The van der Waals surface area contributed by atoms with E-state index in [-0.39, 0.29) is 0 Å². The topological polar surface area (TPSA) is 58.3 Å². The van der Waals surface area contributed by atoms with E-state index in [1.165, 1.54) is 51.4 Å². The highest BCUT2D eigenvalue weighted by atomic mass is 15.3. The van der Waals surface area contributed by atoms with E-state index in [1.807, 2.05) is 18.5 Å². The van der Waals surface area contributed by atoms with Gasteiger partial charge in [0.2, 0.25) is 0 Å². The van der Waals surface area contributed by atoms with Crippen LogP contribution in [0.1, 0.15) is 76.9 Å². The first-order chi connectivity index (χ1) is 12.6. The average molecular weight is 361 g/mol. The molecule has 1 aromatic rings. The first-order valence-corrected chi connectivity index (χ1v) is 10.5. The van der Waals surface area contributed by atoms with Gasteiger partial charge in [0.15, 0.2) is 11.8 Å². The predicted octanol–water partition coefficient (Wildman–Crippen LogP) is 3.41. The van der Waals surface area contributed by atoms with Crippen LogP contribution in [0.2, 0.25) is 0 Å². The number of guanidine groups is 1. The van der Waals surface area contributed by atoms with Crippen LogP contribution in [-0.2, 0) is 13.6 Å². The molecule has 3 rings (SSSR count). The summed E-state index contributed by atoms with van der Waals surface area (Å²) in [4.78, 5) is 7.48. The molecule has 26 heavy (non-hydrogen) atoms. The summed E-state index contributed by atoms with van der Waals surface area (Å²) in [5, 5.41) is 12.2. The Hall–Kier alpha value is -1.59. The van der Waals surface area contributed by atoms with Gasteiger partial charge in [0, 0.05) is 26.2 Å². The van der Waals surface area contributed by atoms with E-state index in [0.29, 0.717) is 18.0 Å². The van der Waals surface area contributed by atoms with Crippen LogP contribution in [0.15, 0.2) is 4.99 Å². The molecule has 0 spiro atoms. The van der Waals surface area contributed by atoms with Crippen LogP contribution in [0.25, 0.3) is 0 Å². The summed E-state index contributed by atoms with van der Waals surface area (Å²) in [6.45, 7) is 9.47. The standard InChI is InChI=1S/C20H36N6/c1-5-20(6-2)12-13-26(15-20)19(22-17-10-8-7-9-11-17)21-14-18-24-23-16(3)25(18)4/h17H,5-15H2,1-4H3,(H,21,22). The largest absolute Gasteiger partial charge is 0.353 e. The maximum Gasteiger partial charge on any atom is 0.194 e. The second kappa shape index (κ2) is 8.40. The van der Waals surface area contributed by atoms with E-state index in [2.05, 4.69) is 34.3 Å². The van der Waals surface area contributed by atoms with Crippen molar-refractivity contribution >= 4 is 5.96 Å². The van der Waals surface area contributed by atoms with Crippen molar-refractivity contribution in [3.05, 3.63) is 11.6 Å². The fourth-order valence-electron chi connectivity index (χ4n) is 4.34. The molecule has 0 unspecified atom stereocenters. The summed E-state index contributed by atoms with van der Waals surface area (Å²) in [6.07, 6.45) is 10.3. The summed E-state index contributed by atoms with van der Waals surface area (Å²) in [7, 11) is 2.02. The van der Waals surface area contributed by atoms with E-state index >= 15 is 0 Å². The molecule has 0 atom stereocenters. The molecule has 0 bridgehead atoms. The van der Waals surface area contributed by atoms with Crippen molar-refractivity contribution in [1.29, 1.82) is 0 Å². The molecule has 1 aliphatic carbocycles. The lowest BCUT2D eigenvalue weighted by Crippen LogP contribution is -2.46. The number of nitrogens with one attached hydrogen (secondary N) is 1. The van der Waals surface area contributed by atoms with Gasteiger partial charge >= 0.3 is 0 Å².